The highest BCUT2D eigenvalue weighted by Gasteiger charge is 2.06. The average Bonchev–Trinajstić information content (AvgIpc) is 2.48. The Bertz CT molecular complexity index is 690. The molecule has 0 aromatic carbocycles. The number of rotatable bonds is 5. The fraction of sp³-hybridized carbons (Fsp3) is 0.231. The number of aromatic nitrogens is 3. The number of nitrogens with two attached hydrogens (primary N) is 1. The quantitative estimate of drug-likeness (QED) is 0.813. The van der Waals surface area contributed by atoms with Crippen molar-refractivity contribution in [3.63, 3.8) is 0 Å². The Morgan fingerprint density at radius 1 is 1.50 bits per heavy atom. The molecule has 0 fully saturated rings. The van der Waals surface area contributed by atoms with Crippen molar-refractivity contribution in [1.82, 2.24) is 14.8 Å². The molecule has 0 atom stereocenters. The molecule has 0 unspecified atom stereocenters. The Morgan fingerprint density at radius 3 is 3.05 bits per heavy atom. The van der Waals surface area contributed by atoms with E-state index in [9.17, 15) is 4.79 Å². The predicted octanol–water partition coefficient (Wildman–Crippen LogP) is -0.104. The molecule has 0 spiro atoms. The SMILES string of the molecule is N#Cc1ncccc1Cn1ncc(OCCN)cc1=O. The molecule has 2 aromatic rings. The molecule has 7 heteroatoms. The number of hydrogen-bond acceptors (Lipinski definition) is 6. The summed E-state index contributed by atoms with van der Waals surface area (Å²) in [5, 5.41) is 13.0. The van der Waals surface area contributed by atoms with Gasteiger partial charge in [-0.25, -0.2) is 9.67 Å². The number of ether oxygens (including phenoxy) is 1. The topological polar surface area (TPSA) is 107 Å². The van der Waals surface area contributed by atoms with Gasteiger partial charge in [-0.3, -0.25) is 4.79 Å². The number of pyridine rings is 1. The van der Waals surface area contributed by atoms with Crippen LogP contribution >= 0.6 is 0 Å². The predicted molar refractivity (Wildman–Crippen MR) is 71.1 cm³/mol. The maximum absolute atomic E-state index is 11.9. The van der Waals surface area contributed by atoms with Crippen LogP contribution in [0.4, 0.5) is 0 Å². The largest absolute Gasteiger partial charge is 0.490 e. The smallest absolute Gasteiger partial charge is 0.270 e. The van der Waals surface area contributed by atoms with E-state index in [2.05, 4.69) is 10.1 Å². The summed E-state index contributed by atoms with van der Waals surface area (Å²) in [6.45, 7) is 0.878. The first-order valence-electron chi connectivity index (χ1n) is 5.98. The van der Waals surface area contributed by atoms with E-state index in [-0.39, 0.29) is 17.8 Å². The molecule has 0 aliphatic carbocycles. The van der Waals surface area contributed by atoms with Gasteiger partial charge in [0.1, 0.15) is 24.1 Å². The van der Waals surface area contributed by atoms with Gasteiger partial charge in [0.15, 0.2) is 0 Å². The number of nitrogens with zero attached hydrogens (tertiary/aromatic N) is 4. The molecular formula is C13H13N5O2. The van der Waals surface area contributed by atoms with Crippen molar-refractivity contribution in [3.8, 4) is 11.8 Å². The molecule has 2 rings (SSSR count). The molecule has 0 aliphatic heterocycles. The highest BCUT2D eigenvalue weighted by atomic mass is 16.5. The Balaban J connectivity index is 2.22. The lowest BCUT2D eigenvalue weighted by molar-refractivity contribution is 0.324. The van der Waals surface area contributed by atoms with Crippen LogP contribution in [0.25, 0.3) is 0 Å². The average molecular weight is 271 g/mol. The Kier molecular flexibility index (Phi) is 4.42. The highest BCUT2D eigenvalue weighted by Crippen LogP contribution is 2.07. The molecule has 2 aromatic heterocycles. The summed E-state index contributed by atoms with van der Waals surface area (Å²) in [6, 6.07) is 6.76. The normalized spacial score (nSPS) is 10.0. The van der Waals surface area contributed by atoms with Crippen molar-refractivity contribution < 1.29 is 4.74 Å². The molecule has 0 bridgehead atoms. The van der Waals surface area contributed by atoms with Crippen molar-refractivity contribution in [3.05, 3.63) is 52.2 Å². The summed E-state index contributed by atoms with van der Waals surface area (Å²) < 4.78 is 6.46. The van der Waals surface area contributed by atoms with Crippen LogP contribution in [0.15, 0.2) is 35.4 Å². The molecule has 2 heterocycles. The van der Waals surface area contributed by atoms with Crippen molar-refractivity contribution >= 4 is 0 Å². The van der Waals surface area contributed by atoms with Gasteiger partial charge in [-0.2, -0.15) is 10.4 Å². The molecule has 7 nitrogen and oxygen atoms in total. The Hall–Kier alpha value is -2.72. The van der Waals surface area contributed by atoms with Crippen LogP contribution in [-0.2, 0) is 6.54 Å². The van der Waals surface area contributed by atoms with Crippen LogP contribution in [0.2, 0.25) is 0 Å². The first kappa shape index (κ1) is 13.7. The van der Waals surface area contributed by atoms with Crippen molar-refractivity contribution in [2.24, 2.45) is 5.73 Å². The maximum atomic E-state index is 11.9. The van der Waals surface area contributed by atoms with Gasteiger partial charge in [0.2, 0.25) is 0 Å². The third-order valence-electron chi connectivity index (χ3n) is 2.55. The second-order valence-electron chi connectivity index (χ2n) is 3.95. The fourth-order valence-electron chi connectivity index (χ4n) is 1.62. The van der Waals surface area contributed by atoms with E-state index < -0.39 is 0 Å². The highest BCUT2D eigenvalue weighted by molar-refractivity contribution is 5.30. The van der Waals surface area contributed by atoms with E-state index >= 15 is 0 Å². The molecule has 0 radical (unpaired) electrons. The van der Waals surface area contributed by atoms with Crippen LogP contribution in [0.3, 0.4) is 0 Å². The number of nitriles is 1. The van der Waals surface area contributed by atoms with E-state index in [1.165, 1.54) is 23.1 Å². The minimum Gasteiger partial charge on any atom is -0.490 e. The molecule has 0 saturated heterocycles. The summed E-state index contributed by atoms with van der Waals surface area (Å²) in [5.41, 5.74) is 5.92. The van der Waals surface area contributed by atoms with Gasteiger partial charge in [0, 0.05) is 24.4 Å². The lowest BCUT2D eigenvalue weighted by Crippen LogP contribution is -2.23. The first-order chi connectivity index (χ1) is 9.74. The summed E-state index contributed by atoms with van der Waals surface area (Å²) in [4.78, 5) is 15.8. The zero-order valence-electron chi connectivity index (χ0n) is 10.7. The molecular weight excluding hydrogens is 258 g/mol. The van der Waals surface area contributed by atoms with Crippen molar-refractivity contribution in [2.75, 3.05) is 13.2 Å². The minimum atomic E-state index is -0.313. The van der Waals surface area contributed by atoms with Gasteiger partial charge in [-0.1, -0.05) is 6.07 Å². The van der Waals surface area contributed by atoms with Crippen LogP contribution in [0, 0.1) is 11.3 Å². The first-order valence-corrected chi connectivity index (χ1v) is 5.98. The minimum absolute atomic E-state index is 0.187. The second-order valence-corrected chi connectivity index (χ2v) is 3.95. The third kappa shape index (κ3) is 3.18. The van der Waals surface area contributed by atoms with Crippen molar-refractivity contribution in [2.45, 2.75) is 6.54 Å². The standard InChI is InChI=1S/C13H13N5O2/c14-3-5-20-11-6-13(19)18(17-8-11)9-10-2-1-4-16-12(10)7-15/h1-2,4,6,8H,3,5,9,14H2. The number of hydrogen-bond donors (Lipinski definition) is 1. The monoisotopic (exact) mass is 271 g/mol. The van der Waals surface area contributed by atoms with E-state index in [4.69, 9.17) is 15.7 Å². The van der Waals surface area contributed by atoms with Crippen molar-refractivity contribution in [1.29, 1.82) is 5.26 Å². The van der Waals surface area contributed by atoms with Crippen LogP contribution in [0.1, 0.15) is 11.3 Å². The van der Waals surface area contributed by atoms with Gasteiger partial charge in [-0.05, 0) is 6.07 Å². The van der Waals surface area contributed by atoms with Gasteiger partial charge < -0.3 is 10.5 Å². The van der Waals surface area contributed by atoms with Gasteiger partial charge in [-0.15, -0.1) is 0 Å². The van der Waals surface area contributed by atoms with Crippen LogP contribution in [0.5, 0.6) is 5.75 Å². The summed E-state index contributed by atoms with van der Waals surface area (Å²) in [7, 11) is 0. The van der Waals surface area contributed by atoms with Crippen LogP contribution < -0.4 is 16.0 Å². The maximum Gasteiger partial charge on any atom is 0.270 e. The van der Waals surface area contributed by atoms with E-state index in [1.54, 1.807) is 12.1 Å². The molecule has 2 N–H and O–H groups in total. The van der Waals surface area contributed by atoms with Gasteiger partial charge >= 0.3 is 0 Å². The van der Waals surface area contributed by atoms with Gasteiger partial charge in [0.25, 0.3) is 5.56 Å². The summed E-state index contributed by atoms with van der Waals surface area (Å²) in [6.07, 6.45) is 2.97. The fourth-order valence-corrected chi connectivity index (χ4v) is 1.62. The molecule has 0 aliphatic rings. The zero-order chi connectivity index (χ0) is 14.4. The van der Waals surface area contributed by atoms with E-state index in [1.807, 2.05) is 6.07 Å². The summed E-state index contributed by atoms with van der Waals surface area (Å²) in [5.74, 6) is 0.378. The van der Waals surface area contributed by atoms with E-state index in [0.717, 1.165) is 0 Å². The molecule has 20 heavy (non-hydrogen) atoms. The summed E-state index contributed by atoms with van der Waals surface area (Å²) >= 11 is 0. The third-order valence-corrected chi connectivity index (χ3v) is 2.55. The lowest BCUT2D eigenvalue weighted by Gasteiger charge is -2.07. The van der Waals surface area contributed by atoms with Gasteiger partial charge in [0.05, 0.1) is 12.7 Å². The second kappa shape index (κ2) is 6.45. The van der Waals surface area contributed by atoms with E-state index in [0.29, 0.717) is 24.5 Å². The lowest BCUT2D eigenvalue weighted by atomic mass is 10.2. The van der Waals surface area contributed by atoms with Crippen LogP contribution in [-0.4, -0.2) is 27.9 Å². The molecule has 0 amide bonds. The Morgan fingerprint density at radius 2 is 2.35 bits per heavy atom. The zero-order valence-corrected chi connectivity index (χ0v) is 10.7. The molecule has 102 valence electrons. The molecule has 0 saturated carbocycles. The Labute approximate surface area is 115 Å².